The third-order valence-corrected chi connectivity index (χ3v) is 5.29. The van der Waals surface area contributed by atoms with Gasteiger partial charge in [-0.1, -0.05) is 12.1 Å². The first-order valence-electron chi connectivity index (χ1n) is 9.47. The highest BCUT2D eigenvalue weighted by atomic mass is 16.5. The molecule has 1 unspecified atom stereocenters. The third kappa shape index (κ3) is 3.04. The van der Waals surface area contributed by atoms with Gasteiger partial charge < -0.3 is 14.6 Å². The molecule has 0 radical (unpaired) electrons. The Labute approximate surface area is 167 Å². The average Bonchev–Trinajstić information content (AvgIpc) is 3.40. The van der Waals surface area contributed by atoms with Crippen LogP contribution in [0.3, 0.4) is 0 Å². The predicted molar refractivity (Wildman–Crippen MR) is 105 cm³/mol. The van der Waals surface area contributed by atoms with E-state index in [2.05, 4.69) is 21.0 Å². The van der Waals surface area contributed by atoms with Crippen LogP contribution >= 0.6 is 0 Å². The van der Waals surface area contributed by atoms with E-state index in [0.717, 1.165) is 11.1 Å². The molecule has 5 rings (SSSR count). The van der Waals surface area contributed by atoms with Crippen LogP contribution in [-0.4, -0.2) is 47.7 Å². The number of nitrogens with zero attached hydrogens (tertiary/aromatic N) is 4. The highest BCUT2D eigenvalue weighted by molar-refractivity contribution is 6.22. The van der Waals surface area contributed by atoms with Crippen molar-refractivity contribution >= 4 is 23.2 Å². The van der Waals surface area contributed by atoms with Gasteiger partial charge in [0.15, 0.2) is 5.78 Å². The van der Waals surface area contributed by atoms with Gasteiger partial charge in [0.05, 0.1) is 30.0 Å². The largest absolute Gasteiger partial charge is 0.379 e. The van der Waals surface area contributed by atoms with E-state index in [9.17, 15) is 9.59 Å². The van der Waals surface area contributed by atoms with Crippen LogP contribution in [0.1, 0.15) is 27.5 Å². The molecule has 3 aliphatic rings. The Bertz CT molecular complexity index is 1060. The fraction of sp³-hybridized carbons (Fsp3) is 0.300. The summed E-state index contributed by atoms with van der Waals surface area (Å²) in [6.07, 6.45) is 3.82. The van der Waals surface area contributed by atoms with Crippen molar-refractivity contribution in [3.05, 3.63) is 58.9 Å². The molecule has 0 spiro atoms. The molecule has 2 aliphatic heterocycles. The van der Waals surface area contributed by atoms with Crippen molar-refractivity contribution in [2.45, 2.75) is 6.04 Å². The van der Waals surface area contributed by atoms with E-state index in [1.54, 1.807) is 11.1 Å². The summed E-state index contributed by atoms with van der Waals surface area (Å²) in [4.78, 5) is 25.7. The molecule has 148 valence electrons. The van der Waals surface area contributed by atoms with Crippen LogP contribution in [-0.2, 0) is 11.8 Å². The van der Waals surface area contributed by atoms with E-state index in [1.165, 1.54) is 0 Å². The monoisotopic (exact) mass is 392 g/mol. The van der Waals surface area contributed by atoms with Crippen LogP contribution in [0.2, 0.25) is 0 Å². The minimum absolute atomic E-state index is 0.142. The van der Waals surface area contributed by atoms with E-state index in [0.29, 0.717) is 48.8 Å². The van der Waals surface area contributed by atoms with Crippen LogP contribution < -0.4 is 10.7 Å². The van der Waals surface area contributed by atoms with Gasteiger partial charge in [-0.25, -0.2) is 9.80 Å². The maximum atomic E-state index is 13.3. The Hall–Kier alpha value is -3.30. The van der Waals surface area contributed by atoms with Gasteiger partial charge in [0.1, 0.15) is 11.7 Å². The number of carbonyl (C=O) groups excluding carboxylic acids is 2. The number of rotatable bonds is 3. The number of amides is 2. The normalized spacial score (nSPS) is 20.7. The Morgan fingerprint density at radius 2 is 2.07 bits per heavy atom. The van der Waals surface area contributed by atoms with E-state index in [4.69, 9.17) is 4.74 Å². The first-order chi connectivity index (χ1) is 14.1. The van der Waals surface area contributed by atoms with E-state index < -0.39 is 6.04 Å². The Morgan fingerprint density at radius 1 is 1.24 bits per heavy atom. The molecule has 2 aromatic rings. The van der Waals surface area contributed by atoms with Crippen molar-refractivity contribution in [1.82, 2.24) is 15.0 Å². The van der Waals surface area contributed by atoms with Crippen molar-refractivity contribution in [2.75, 3.05) is 31.6 Å². The van der Waals surface area contributed by atoms with Gasteiger partial charge in [0, 0.05) is 38.1 Å². The second-order valence-electron chi connectivity index (χ2n) is 7.21. The van der Waals surface area contributed by atoms with Crippen molar-refractivity contribution in [3.8, 4) is 0 Å². The number of urea groups is 1. The molecule has 2 amide bonds. The number of carbonyl (C=O) groups is 2. The van der Waals surface area contributed by atoms with Crippen LogP contribution in [0.15, 0.2) is 52.5 Å². The minimum atomic E-state index is -0.420. The number of azo groups is 1. The van der Waals surface area contributed by atoms with Crippen LogP contribution in [0.4, 0.5) is 10.5 Å². The van der Waals surface area contributed by atoms with Gasteiger partial charge in [-0.2, -0.15) is 10.2 Å². The van der Waals surface area contributed by atoms with Gasteiger partial charge >= 0.3 is 6.03 Å². The highest BCUT2D eigenvalue weighted by Crippen LogP contribution is 2.48. The van der Waals surface area contributed by atoms with Crippen molar-refractivity contribution < 1.29 is 14.3 Å². The summed E-state index contributed by atoms with van der Waals surface area (Å²) in [5, 5.41) is 13.2. The lowest BCUT2D eigenvalue weighted by molar-refractivity contribution is 0.0207. The van der Waals surface area contributed by atoms with Gasteiger partial charge in [0.2, 0.25) is 0 Å². The Balaban J connectivity index is 1.43. The summed E-state index contributed by atoms with van der Waals surface area (Å²) in [6, 6.07) is 6.52. The molecule has 9 heteroatoms. The van der Waals surface area contributed by atoms with Gasteiger partial charge in [-0.15, -0.1) is 0 Å². The van der Waals surface area contributed by atoms with Crippen molar-refractivity contribution in [2.24, 2.45) is 17.3 Å². The smallest absolute Gasteiger partial charge is 0.333 e. The zero-order valence-corrected chi connectivity index (χ0v) is 15.9. The lowest BCUT2D eigenvalue weighted by Crippen LogP contribution is -2.49. The maximum absolute atomic E-state index is 13.3. The van der Waals surface area contributed by atoms with Gasteiger partial charge in [0.25, 0.3) is 0 Å². The highest BCUT2D eigenvalue weighted by Gasteiger charge is 2.42. The summed E-state index contributed by atoms with van der Waals surface area (Å²) in [5.41, 5.74) is 6.54. The maximum Gasteiger partial charge on any atom is 0.333 e. The number of anilines is 1. The zero-order valence-electron chi connectivity index (χ0n) is 15.9. The summed E-state index contributed by atoms with van der Waals surface area (Å²) in [5.74, 6) is -0.142. The van der Waals surface area contributed by atoms with Gasteiger partial charge in [-0.3, -0.25) is 10.2 Å². The quantitative estimate of drug-likeness (QED) is 0.838. The number of nitrogens with one attached hydrogen (secondary N) is 2. The molecule has 9 nitrogen and oxygen atoms in total. The van der Waals surface area contributed by atoms with E-state index in [-0.39, 0.29) is 11.8 Å². The minimum Gasteiger partial charge on any atom is -0.379 e. The Morgan fingerprint density at radius 3 is 2.83 bits per heavy atom. The van der Waals surface area contributed by atoms with Crippen LogP contribution in [0.25, 0.3) is 5.70 Å². The molecule has 29 heavy (non-hydrogen) atoms. The third-order valence-electron chi connectivity index (χ3n) is 5.29. The second kappa shape index (κ2) is 6.94. The summed E-state index contributed by atoms with van der Waals surface area (Å²) in [6.45, 7) is 2.38. The van der Waals surface area contributed by atoms with E-state index >= 15 is 0 Å². The molecule has 1 aromatic carbocycles. The summed E-state index contributed by atoms with van der Waals surface area (Å²) in [7, 11) is 1.92. The lowest BCUT2D eigenvalue weighted by atomic mass is 10.0. The van der Waals surface area contributed by atoms with Crippen LogP contribution in [0.5, 0.6) is 0 Å². The molecule has 0 saturated carbocycles. The molecular weight excluding hydrogens is 372 g/mol. The number of fused-ring (bicyclic) bond motifs is 3. The number of Topliss-reactive ketones (excluding diaryl/α,β-unsaturated/α-hetero) is 1. The fourth-order valence-electron chi connectivity index (χ4n) is 3.92. The molecule has 1 saturated heterocycles. The number of aromatic nitrogens is 1. The topological polar surface area (TPSA) is 100 Å². The van der Waals surface area contributed by atoms with Crippen LogP contribution in [0, 0.1) is 0 Å². The number of hydrogen-bond donors (Lipinski definition) is 2. The summed E-state index contributed by atoms with van der Waals surface area (Å²) < 4.78 is 7.18. The SMILES string of the molecule is Cn1ccc(C2=C3C(=O)c4c(NC(=O)NN5CCOCC5)cccc4C3N=N2)c1. The molecule has 1 aliphatic carbocycles. The lowest BCUT2D eigenvalue weighted by Gasteiger charge is -2.27. The number of hydrogen-bond acceptors (Lipinski definition) is 6. The Kier molecular flexibility index (Phi) is 4.26. The van der Waals surface area contributed by atoms with Crippen molar-refractivity contribution in [3.63, 3.8) is 0 Å². The second-order valence-corrected chi connectivity index (χ2v) is 7.21. The molecular formula is C20H20N6O3. The zero-order chi connectivity index (χ0) is 20.0. The first kappa shape index (κ1) is 17.8. The number of aryl methyl sites for hydroxylation is 1. The number of benzene rings is 1. The molecule has 1 aromatic heterocycles. The fourth-order valence-corrected chi connectivity index (χ4v) is 3.92. The van der Waals surface area contributed by atoms with Gasteiger partial charge in [-0.05, 0) is 17.7 Å². The molecule has 2 N–H and O–H groups in total. The number of morpholine rings is 1. The molecule has 3 heterocycles. The standard InChI is InChI=1S/C20H20N6O3/c1-25-6-5-12(11-25)17-16-18(23-22-17)13-3-2-4-14(15(13)19(16)27)21-20(28)24-26-7-9-29-10-8-26/h2-6,11,18H,7-10H2,1H3,(H2,21,24,28). The molecule has 0 bridgehead atoms. The number of ether oxygens (including phenoxy) is 1. The first-order valence-corrected chi connectivity index (χ1v) is 9.47. The summed E-state index contributed by atoms with van der Waals surface area (Å²) >= 11 is 0. The number of hydrazine groups is 1. The average molecular weight is 392 g/mol. The predicted octanol–water partition coefficient (Wildman–Crippen LogP) is 2.51. The number of ketones is 1. The van der Waals surface area contributed by atoms with E-state index in [1.807, 2.05) is 42.2 Å². The van der Waals surface area contributed by atoms with Crippen molar-refractivity contribution in [1.29, 1.82) is 0 Å². The molecule has 1 atom stereocenters. The molecule has 1 fully saturated rings.